The smallest absolute Gasteiger partial charge is 0.0679 e. The standard InChI is InChI=1S/C21H29NOS/c1-18(2)15-16-22(24-21-11-7-4-8-12-21)17-20(23)14-13-19-9-5-3-6-10-19/h3-12,18,20,23H,13-17H2,1-2H3. The van der Waals surface area contributed by atoms with Crippen molar-refractivity contribution in [1.29, 1.82) is 0 Å². The lowest BCUT2D eigenvalue weighted by Gasteiger charge is -2.24. The summed E-state index contributed by atoms with van der Waals surface area (Å²) in [4.78, 5) is 1.23. The fraction of sp³-hybridized carbons (Fsp3) is 0.429. The maximum atomic E-state index is 10.5. The number of nitrogens with zero attached hydrogens (tertiary/aromatic N) is 1. The highest BCUT2D eigenvalue weighted by atomic mass is 32.2. The summed E-state index contributed by atoms with van der Waals surface area (Å²) in [6.07, 6.45) is 2.58. The van der Waals surface area contributed by atoms with E-state index in [0.717, 1.165) is 25.8 Å². The van der Waals surface area contributed by atoms with E-state index in [4.69, 9.17) is 0 Å². The summed E-state index contributed by atoms with van der Waals surface area (Å²) < 4.78 is 2.31. The molecule has 2 aromatic carbocycles. The van der Waals surface area contributed by atoms with Crippen LogP contribution in [0.1, 0.15) is 32.3 Å². The number of aliphatic hydroxyl groups excluding tert-OH is 1. The third kappa shape index (κ3) is 7.52. The van der Waals surface area contributed by atoms with E-state index in [9.17, 15) is 5.11 Å². The van der Waals surface area contributed by atoms with E-state index in [2.05, 4.69) is 66.7 Å². The molecular formula is C21H29NOS. The molecule has 1 unspecified atom stereocenters. The summed E-state index contributed by atoms with van der Waals surface area (Å²) in [5.41, 5.74) is 1.29. The molecule has 1 N–H and O–H groups in total. The summed E-state index contributed by atoms with van der Waals surface area (Å²) in [5.74, 6) is 0.672. The van der Waals surface area contributed by atoms with Gasteiger partial charge in [0.05, 0.1) is 6.10 Å². The molecule has 0 spiro atoms. The highest BCUT2D eigenvalue weighted by Crippen LogP contribution is 2.24. The lowest BCUT2D eigenvalue weighted by Crippen LogP contribution is -2.29. The summed E-state index contributed by atoms with van der Waals surface area (Å²) in [6.45, 7) is 6.20. The van der Waals surface area contributed by atoms with E-state index in [-0.39, 0.29) is 6.10 Å². The number of aryl methyl sites for hydroxylation is 1. The van der Waals surface area contributed by atoms with Crippen molar-refractivity contribution in [3.63, 3.8) is 0 Å². The van der Waals surface area contributed by atoms with Crippen molar-refractivity contribution in [2.75, 3.05) is 13.1 Å². The second-order valence-electron chi connectivity index (χ2n) is 6.65. The quantitative estimate of drug-likeness (QED) is 0.612. The first kappa shape index (κ1) is 19.0. The Hall–Kier alpha value is -1.29. The fourth-order valence-electron chi connectivity index (χ4n) is 2.51. The second-order valence-corrected chi connectivity index (χ2v) is 7.82. The molecular weight excluding hydrogens is 314 g/mol. The molecule has 2 nitrogen and oxygen atoms in total. The summed E-state index contributed by atoms with van der Waals surface area (Å²) in [6, 6.07) is 20.8. The van der Waals surface area contributed by atoms with Gasteiger partial charge in [-0.1, -0.05) is 62.4 Å². The Morgan fingerprint density at radius 3 is 2.17 bits per heavy atom. The molecule has 0 heterocycles. The predicted molar refractivity (Wildman–Crippen MR) is 104 cm³/mol. The van der Waals surface area contributed by atoms with E-state index >= 15 is 0 Å². The van der Waals surface area contributed by atoms with Crippen LogP contribution in [-0.2, 0) is 6.42 Å². The van der Waals surface area contributed by atoms with Gasteiger partial charge in [0, 0.05) is 18.0 Å². The number of hydrogen-bond donors (Lipinski definition) is 1. The fourth-order valence-corrected chi connectivity index (χ4v) is 3.53. The topological polar surface area (TPSA) is 23.5 Å². The predicted octanol–water partition coefficient (Wildman–Crippen LogP) is 5.04. The van der Waals surface area contributed by atoms with Crippen LogP contribution in [0.5, 0.6) is 0 Å². The summed E-state index contributed by atoms with van der Waals surface area (Å²) in [7, 11) is 0. The zero-order chi connectivity index (χ0) is 17.2. The normalized spacial score (nSPS) is 12.7. The second kappa shape index (κ2) is 10.5. The van der Waals surface area contributed by atoms with E-state index in [1.807, 2.05) is 12.1 Å². The Morgan fingerprint density at radius 2 is 1.54 bits per heavy atom. The third-order valence-corrected chi connectivity index (χ3v) is 5.03. The Kier molecular flexibility index (Phi) is 8.37. The first-order valence-electron chi connectivity index (χ1n) is 8.83. The zero-order valence-corrected chi connectivity index (χ0v) is 15.6. The van der Waals surface area contributed by atoms with Gasteiger partial charge in [-0.2, -0.15) is 0 Å². The molecule has 1 atom stereocenters. The van der Waals surface area contributed by atoms with Crippen LogP contribution < -0.4 is 0 Å². The van der Waals surface area contributed by atoms with Crippen LogP contribution in [0, 0.1) is 5.92 Å². The van der Waals surface area contributed by atoms with Crippen LogP contribution >= 0.6 is 11.9 Å². The van der Waals surface area contributed by atoms with Gasteiger partial charge in [-0.3, -0.25) is 0 Å². The lowest BCUT2D eigenvalue weighted by molar-refractivity contribution is 0.139. The van der Waals surface area contributed by atoms with Gasteiger partial charge >= 0.3 is 0 Å². The first-order valence-corrected chi connectivity index (χ1v) is 9.61. The van der Waals surface area contributed by atoms with Crippen molar-refractivity contribution in [1.82, 2.24) is 4.31 Å². The van der Waals surface area contributed by atoms with Crippen LogP contribution in [0.4, 0.5) is 0 Å². The molecule has 130 valence electrons. The molecule has 0 saturated carbocycles. The van der Waals surface area contributed by atoms with Crippen molar-refractivity contribution in [3.05, 3.63) is 66.2 Å². The van der Waals surface area contributed by atoms with Crippen molar-refractivity contribution in [3.8, 4) is 0 Å². The van der Waals surface area contributed by atoms with Gasteiger partial charge in [0.25, 0.3) is 0 Å². The molecule has 0 aliphatic rings. The van der Waals surface area contributed by atoms with E-state index < -0.39 is 0 Å². The molecule has 0 radical (unpaired) electrons. The molecule has 0 bridgehead atoms. The van der Waals surface area contributed by atoms with Crippen molar-refractivity contribution < 1.29 is 5.11 Å². The molecule has 2 rings (SSSR count). The maximum Gasteiger partial charge on any atom is 0.0679 e. The average Bonchev–Trinajstić information content (AvgIpc) is 2.60. The molecule has 0 aliphatic carbocycles. The minimum absolute atomic E-state index is 0.298. The minimum Gasteiger partial charge on any atom is -0.392 e. The van der Waals surface area contributed by atoms with Gasteiger partial charge in [-0.05, 0) is 54.8 Å². The Morgan fingerprint density at radius 1 is 0.917 bits per heavy atom. The molecule has 0 amide bonds. The van der Waals surface area contributed by atoms with Crippen molar-refractivity contribution in [2.45, 2.75) is 44.1 Å². The molecule has 0 aromatic heterocycles. The van der Waals surface area contributed by atoms with Crippen LogP contribution in [0.2, 0.25) is 0 Å². The van der Waals surface area contributed by atoms with Crippen LogP contribution in [0.3, 0.4) is 0 Å². The zero-order valence-electron chi connectivity index (χ0n) is 14.8. The number of hydrogen-bond acceptors (Lipinski definition) is 3. The molecule has 0 saturated heterocycles. The molecule has 3 heteroatoms. The van der Waals surface area contributed by atoms with Crippen molar-refractivity contribution >= 4 is 11.9 Å². The van der Waals surface area contributed by atoms with E-state index in [1.165, 1.54) is 10.5 Å². The number of aliphatic hydroxyl groups is 1. The SMILES string of the molecule is CC(C)CCN(CC(O)CCc1ccccc1)Sc1ccccc1. The molecule has 0 aliphatic heterocycles. The van der Waals surface area contributed by atoms with Crippen LogP contribution in [0.25, 0.3) is 0 Å². The average molecular weight is 344 g/mol. The Labute approximate surface area is 151 Å². The van der Waals surface area contributed by atoms with Gasteiger partial charge in [-0.25, -0.2) is 4.31 Å². The third-order valence-electron chi connectivity index (χ3n) is 3.96. The maximum absolute atomic E-state index is 10.5. The highest BCUT2D eigenvalue weighted by Gasteiger charge is 2.14. The van der Waals surface area contributed by atoms with Gasteiger partial charge in [0.1, 0.15) is 0 Å². The lowest BCUT2D eigenvalue weighted by atomic mass is 10.1. The number of rotatable bonds is 10. The van der Waals surface area contributed by atoms with Gasteiger partial charge < -0.3 is 5.11 Å². The molecule has 24 heavy (non-hydrogen) atoms. The monoisotopic (exact) mass is 343 g/mol. The summed E-state index contributed by atoms with van der Waals surface area (Å²) >= 11 is 1.75. The Bertz CT molecular complexity index is 559. The molecule has 0 fully saturated rings. The summed E-state index contributed by atoms with van der Waals surface area (Å²) in [5, 5.41) is 10.5. The van der Waals surface area contributed by atoms with Gasteiger partial charge in [0.15, 0.2) is 0 Å². The van der Waals surface area contributed by atoms with E-state index in [1.54, 1.807) is 11.9 Å². The van der Waals surface area contributed by atoms with E-state index in [0.29, 0.717) is 12.5 Å². The number of benzene rings is 2. The van der Waals surface area contributed by atoms with Crippen molar-refractivity contribution in [2.24, 2.45) is 5.92 Å². The van der Waals surface area contributed by atoms with Crippen LogP contribution in [-0.4, -0.2) is 28.6 Å². The largest absolute Gasteiger partial charge is 0.392 e. The minimum atomic E-state index is -0.298. The first-order chi connectivity index (χ1) is 11.6. The molecule has 2 aromatic rings. The van der Waals surface area contributed by atoms with Gasteiger partial charge in [0.2, 0.25) is 0 Å². The van der Waals surface area contributed by atoms with Gasteiger partial charge in [-0.15, -0.1) is 0 Å². The van der Waals surface area contributed by atoms with Crippen LogP contribution in [0.15, 0.2) is 65.6 Å². The highest BCUT2D eigenvalue weighted by molar-refractivity contribution is 7.97. The Balaban J connectivity index is 1.86.